The number of thiazole rings is 1. The van der Waals surface area contributed by atoms with E-state index in [1.54, 1.807) is 19.4 Å². The number of nitrogens with zero attached hydrogens (tertiary/aromatic N) is 1. The second-order valence-electron chi connectivity index (χ2n) is 3.32. The lowest BCUT2D eigenvalue weighted by Crippen LogP contribution is -2.23. The van der Waals surface area contributed by atoms with E-state index >= 15 is 0 Å². The Morgan fingerprint density at radius 2 is 2.36 bits per heavy atom. The lowest BCUT2D eigenvalue weighted by Gasteiger charge is -2.19. The van der Waals surface area contributed by atoms with Crippen LogP contribution in [-0.4, -0.2) is 28.9 Å². The standard InChI is InChI=1S/C9H15NO3S/c1-9(12,3-4-13-2)8-10-7(5-11)6-14-8/h6,11-12H,3-5H2,1-2H3. The first-order valence-corrected chi connectivity index (χ1v) is 5.25. The van der Waals surface area contributed by atoms with E-state index in [2.05, 4.69) is 4.98 Å². The maximum Gasteiger partial charge on any atom is 0.125 e. The van der Waals surface area contributed by atoms with Gasteiger partial charge < -0.3 is 14.9 Å². The molecule has 1 heterocycles. The van der Waals surface area contributed by atoms with Gasteiger partial charge in [0.1, 0.15) is 10.6 Å². The number of hydrogen-bond donors (Lipinski definition) is 2. The van der Waals surface area contributed by atoms with Crippen LogP contribution in [0, 0.1) is 0 Å². The molecule has 0 aliphatic rings. The van der Waals surface area contributed by atoms with Crippen molar-refractivity contribution in [3.8, 4) is 0 Å². The zero-order chi connectivity index (χ0) is 10.6. The van der Waals surface area contributed by atoms with Gasteiger partial charge in [0.05, 0.1) is 12.3 Å². The van der Waals surface area contributed by atoms with Crippen LogP contribution in [0.1, 0.15) is 24.0 Å². The first-order chi connectivity index (χ1) is 6.60. The third-order valence-corrected chi connectivity index (χ3v) is 3.11. The summed E-state index contributed by atoms with van der Waals surface area (Å²) in [4.78, 5) is 4.12. The Balaban J connectivity index is 2.70. The van der Waals surface area contributed by atoms with E-state index in [1.165, 1.54) is 11.3 Å². The summed E-state index contributed by atoms with van der Waals surface area (Å²) in [7, 11) is 1.59. The molecule has 0 aliphatic carbocycles. The van der Waals surface area contributed by atoms with Crippen LogP contribution in [0.5, 0.6) is 0 Å². The number of ether oxygens (including phenoxy) is 1. The lowest BCUT2D eigenvalue weighted by molar-refractivity contribution is 0.0206. The van der Waals surface area contributed by atoms with Gasteiger partial charge in [0.15, 0.2) is 0 Å². The maximum absolute atomic E-state index is 10.0. The van der Waals surface area contributed by atoms with Gasteiger partial charge >= 0.3 is 0 Å². The van der Waals surface area contributed by atoms with Gasteiger partial charge in [-0.3, -0.25) is 0 Å². The highest BCUT2D eigenvalue weighted by Gasteiger charge is 2.26. The van der Waals surface area contributed by atoms with Crippen molar-refractivity contribution >= 4 is 11.3 Å². The highest BCUT2D eigenvalue weighted by molar-refractivity contribution is 7.09. The van der Waals surface area contributed by atoms with E-state index in [1.807, 2.05) is 0 Å². The molecule has 5 heteroatoms. The first-order valence-electron chi connectivity index (χ1n) is 4.37. The molecule has 0 aromatic carbocycles. The zero-order valence-corrected chi connectivity index (χ0v) is 9.17. The molecule has 0 fully saturated rings. The minimum absolute atomic E-state index is 0.0865. The fourth-order valence-electron chi connectivity index (χ4n) is 1.03. The van der Waals surface area contributed by atoms with Gasteiger partial charge in [-0.1, -0.05) is 0 Å². The van der Waals surface area contributed by atoms with Gasteiger partial charge in [-0.2, -0.15) is 0 Å². The molecule has 0 aliphatic heterocycles. The van der Waals surface area contributed by atoms with Crippen molar-refractivity contribution in [2.75, 3.05) is 13.7 Å². The second kappa shape index (κ2) is 4.84. The molecular formula is C9H15NO3S. The number of methoxy groups -OCH3 is 1. The van der Waals surface area contributed by atoms with Crippen molar-refractivity contribution < 1.29 is 14.9 Å². The van der Waals surface area contributed by atoms with Crippen molar-refractivity contribution in [2.24, 2.45) is 0 Å². The van der Waals surface area contributed by atoms with Crippen LogP contribution in [-0.2, 0) is 16.9 Å². The van der Waals surface area contributed by atoms with Gasteiger partial charge in [-0.15, -0.1) is 11.3 Å². The minimum Gasteiger partial charge on any atom is -0.390 e. The molecule has 0 radical (unpaired) electrons. The predicted molar refractivity (Wildman–Crippen MR) is 54.1 cm³/mol. The van der Waals surface area contributed by atoms with E-state index in [4.69, 9.17) is 9.84 Å². The van der Waals surface area contributed by atoms with Crippen LogP contribution < -0.4 is 0 Å². The van der Waals surface area contributed by atoms with Gasteiger partial charge in [0.25, 0.3) is 0 Å². The first kappa shape index (κ1) is 11.6. The van der Waals surface area contributed by atoms with Crippen LogP contribution in [0.15, 0.2) is 5.38 Å². The lowest BCUT2D eigenvalue weighted by atomic mass is 10.0. The number of aliphatic hydroxyl groups is 2. The van der Waals surface area contributed by atoms with Crippen molar-refractivity contribution in [2.45, 2.75) is 25.6 Å². The van der Waals surface area contributed by atoms with E-state index in [9.17, 15) is 5.11 Å². The molecule has 1 rings (SSSR count). The van der Waals surface area contributed by atoms with Gasteiger partial charge in [0.2, 0.25) is 0 Å². The smallest absolute Gasteiger partial charge is 0.125 e. The van der Waals surface area contributed by atoms with Crippen molar-refractivity contribution in [1.29, 1.82) is 0 Å². The van der Waals surface area contributed by atoms with Crippen molar-refractivity contribution in [3.05, 3.63) is 16.1 Å². The molecule has 0 spiro atoms. The second-order valence-corrected chi connectivity index (χ2v) is 4.18. The van der Waals surface area contributed by atoms with Crippen molar-refractivity contribution in [1.82, 2.24) is 4.98 Å². The molecule has 0 saturated heterocycles. The summed E-state index contributed by atoms with van der Waals surface area (Å²) in [6, 6.07) is 0. The minimum atomic E-state index is -0.964. The summed E-state index contributed by atoms with van der Waals surface area (Å²) < 4.78 is 4.90. The molecule has 0 amide bonds. The van der Waals surface area contributed by atoms with Gasteiger partial charge in [-0.05, 0) is 6.92 Å². The highest BCUT2D eigenvalue weighted by atomic mass is 32.1. The molecule has 1 aromatic rings. The number of rotatable bonds is 5. The molecular weight excluding hydrogens is 202 g/mol. The number of aromatic nitrogens is 1. The molecule has 14 heavy (non-hydrogen) atoms. The summed E-state index contributed by atoms with van der Waals surface area (Å²) in [5.74, 6) is 0. The fraction of sp³-hybridized carbons (Fsp3) is 0.667. The molecule has 2 N–H and O–H groups in total. The zero-order valence-electron chi connectivity index (χ0n) is 8.36. The van der Waals surface area contributed by atoms with Crippen molar-refractivity contribution in [3.63, 3.8) is 0 Å². The summed E-state index contributed by atoms with van der Waals surface area (Å²) in [5, 5.41) is 21.2. The normalized spacial score (nSPS) is 15.4. The van der Waals surface area contributed by atoms with Gasteiger partial charge in [0, 0.05) is 25.5 Å². The van der Waals surface area contributed by atoms with Crippen LogP contribution in [0.4, 0.5) is 0 Å². The monoisotopic (exact) mass is 217 g/mol. The maximum atomic E-state index is 10.0. The molecule has 4 nitrogen and oxygen atoms in total. The van der Waals surface area contributed by atoms with E-state index < -0.39 is 5.60 Å². The van der Waals surface area contributed by atoms with E-state index in [-0.39, 0.29) is 6.61 Å². The largest absolute Gasteiger partial charge is 0.390 e. The highest BCUT2D eigenvalue weighted by Crippen LogP contribution is 2.27. The Hall–Kier alpha value is -0.490. The predicted octanol–water partition coefficient (Wildman–Crippen LogP) is 0.879. The summed E-state index contributed by atoms with van der Waals surface area (Å²) >= 11 is 1.35. The fourth-order valence-corrected chi connectivity index (χ4v) is 1.94. The Bertz CT molecular complexity index is 285. The van der Waals surface area contributed by atoms with E-state index in [0.717, 1.165) is 0 Å². The van der Waals surface area contributed by atoms with Crippen LogP contribution in [0.2, 0.25) is 0 Å². The number of hydrogen-bond acceptors (Lipinski definition) is 5. The Morgan fingerprint density at radius 3 is 2.86 bits per heavy atom. The van der Waals surface area contributed by atoms with Gasteiger partial charge in [-0.25, -0.2) is 4.98 Å². The SMILES string of the molecule is COCCC(C)(O)c1nc(CO)cs1. The Labute approximate surface area is 87.2 Å². The molecule has 1 atom stereocenters. The molecule has 0 bridgehead atoms. The van der Waals surface area contributed by atoms with Crippen LogP contribution in [0.3, 0.4) is 0 Å². The summed E-state index contributed by atoms with van der Waals surface area (Å²) in [6.07, 6.45) is 0.502. The molecule has 1 unspecified atom stereocenters. The third-order valence-electron chi connectivity index (χ3n) is 1.97. The van der Waals surface area contributed by atoms with Crippen LogP contribution in [0.25, 0.3) is 0 Å². The number of aliphatic hydroxyl groups excluding tert-OH is 1. The average Bonchev–Trinajstić information content (AvgIpc) is 2.63. The Kier molecular flexibility index (Phi) is 4.00. The average molecular weight is 217 g/mol. The Morgan fingerprint density at radius 1 is 1.64 bits per heavy atom. The summed E-state index contributed by atoms with van der Waals surface area (Å²) in [6.45, 7) is 2.10. The molecule has 80 valence electrons. The topological polar surface area (TPSA) is 62.6 Å². The van der Waals surface area contributed by atoms with Crippen LogP contribution >= 0.6 is 11.3 Å². The summed E-state index contributed by atoms with van der Waals surface area (Å²) in [5.41, 5.74) is -0.364. The quantitative estimate of drug-likeness (QED) is 0.768. The molecule has 0 saturated carbocycles. The van der Waals surface area contributed by atoms with E-state index in [0.29, 0.717) is 23.7 Å². The third kappa shape index (κ3) is 2.75. The molecule has 1 aromatic heterocycles.